The fourth-order valence-corrected chi connectivity index (χ4v) is 3.36. The SMILES string of the molecule is COc1ccc(-c2nc3ccccc3n2CC(=O)Nc2ccc(C)c(C)c2)cc1. The fraction of sp³-hybridized carbons (Fsp3) is 0.167. The molecule has 0 aliphatic rings. The second kappa shape index (κ2) is 7.80. The van der Waals surface area contributed by atoms with Gasteiger partial charge in [0.2, 0.25) is 5.91 Å². The van der Waals surface area contributed by atoms with Crippen LogP contribution in [-0.4, -0.2) is 22.6 Å². The molecule has 0 saturated carbocycles. The minimum absolute atomic E-state index is 0.0915. The van der Waals surface area contributed by atoms with Crippen LogP contribution in [0.3, 0.4) is 0 Å². The Morgan fingerprint density at radius 3 is 2.48 bits per heavy atom. The zero-order chi connectivity index (χ0) is 20.4. The average molecular weight is 385 g/mol. The van der Waals surface area contributed by atoms with Crippen LogP contribution < -0.4 is 10.1 Å². The number of methoxy groups -OCH3 is 1. The van der Waals surface area contributed by atoms with Crippen molar-refractivity contribution in [3.8, 4) is 17.1 Å². The van der Waals surface area contributed by atoms with Gasteiger partial charge in [-0.1, -0.05) is 18.2 Å². The number of benzene rings is 3. The molecule has 0 saturated heterocycles. The quantitative estimate of drug-likeness (QED) is 0.528. The van der Waals surface area contributed by atoms with Crippen LogP contribution in [-0.2, 0) is 11.3 Å². The zero-order valence-corrected chi connectivity index (χ0v) is 16.8. The lowest BCUT2D eigenvalue weighted by Gasteiger charge is -2.11. The first-order chi connectivity index (χ1) is 14.0. The van der Waals surface area contributed by atoms with Gasteiger partial charge in [0.1, 0.15) is 18.1 Å². The normalized spacial score (nSPS) is 10.9. The predicted octanol–water partition coefficient (Wildman–Crippen LogP) is 4.97. The van der Waals surface area contributed by atoms with Crippen molar-refractivity contribution < 1.29 is 9.53 Å². The third kappa shape index (κ3) is 3.85. The van der Waals surface area contributed by atoms with Gasteiger partial charge in [0.15, 0.2) is 0 Å². The van der Waals surface area contributed by atoms with Gasteiger partial charge in [-0.3, -0.25) is 4.79 Å². The largest absolute Gasteiger partial charge is 0.497 e. The number of amides is 1. The minimum atomic E-state index is -0.0915. The van der Waals surface area contributed by atoms with Crippen molar-refractivity contribution in [1.29, 1.82) is 0 Å². The summed E-state index contributed by atoms with van der Waals surface area (Å²) in [6, 6.07) is 21.5. The smallest absolute Gasteiger partial charge is 0.244 e. The predicted molar refractivity (Wildman–Crippen MR) is 116 cm³/mol. The molecule has 4 rings (SSSR count). The number of hydrogen-bond donors (Lipinski definition) is 1. The van der Waals surface area contributed by atoms with Gasteiger partial charge in [0, 0.05) is 11.3 Å². The van der Waals surface area contributed by atoms with Crippen molar-refractivity contribution >= 4 is 22.6 Å². The highest BCUT2D eigenvalue weighted by atomic mass is 16.5. The van der Waals surface area contributed by atoms with Crippen LogP contribution in [0.1, 0.15) is 11.1 Å². The molecule has 0 bridgehead atoms. The number of carbonyl (C=O) groups excluding carboxylic acids is 1. The summed E-state index contributed by atoms with van der Waals surface area (Å²) in [5.74, 6) is 1.44. The fourth-order valence-electron chi connectivity index (χ4n) is 3.36. The van der Waals surface area contributed by atoms with Crippen molar-refractivity contribution in [3.05, 3.63) is 77.9 Å². The molecular weight excluding hydrogens is 362 g/mol. The van der Waals surface area contributed by atoms with Crippen LogP contribution >= 0.6 is 0 Å². The molecule has 1 amide bonds. The first kappa shape index (κ1) is 18.7. The molecule has 146 valence electrons. The topological polar surface area (TPSA) is 56.2 Å². The van der Waals surface area contributed by atoms with E-state index in [2.05, 4.69) is 12.2 Å². The number of fused-ring (bicyclic) bond motifs is 1. The maximum atomic E-state index is 12.8. The van der Waals surface area contributed by atoms with Crippen molar-refractivity contribution in [1.82, 2.24) is 9.55 Å². The molecule has 0 atom stereocenters. The van der Waals surface area contributed by atoms with Crippen molar-refractivity contribution in [2.75, 3.05) is 12.4 Å². The lowest BCUT2D eigenvalue weighted by Crippen LogP contribution is -2.19. The maximum Gasteiger partial charge on any atom is 0.244 e. The standard InChI is InChI=1S/C24H23N3O2/c1-16-8-11-19(14-17(16)2)25-23(28)15-27-22-7-5-4-6-21(22)26-24(27)18-9-12-20(29-3)13-10-18/h4-14H,15H2,1-3H3,(H,25,28). The first-order valence-electron chi connectivity index (χ1n) is 9.52. The molecule has 0 radical (unpaired) electrons. The van der Waals surface area contributed by atoms with Gasteiger partial charge >= 0.3 is 0 Å². The number of imidazole rings is 1. The van der Waals surface area contributed by atoms with E-state index in [1.54, 1.807) is 7.11 Å². The summed E-state index contributed by atoms with van der Waals surface area (Å²) in [6.45, 7) is 4.27. The molecule has 1 aromatic heterocycles. The van der Waals surface area contributed by atoms with Crippen molar-refractivity contribution in [2.45, 2.75) is 20.4 Å². The van der Waals surface area contributed by atoms with Crippen LogP contribution in [0.5, 0.6) is 5.75 Å². The summed E-state index contributed by atoms with van der Waals surface area (Å²) in [5, 5.41) is 3.00. The van der Waals surface area contributed by atoms with Crippen LogP contribution in [0, 0.1) is 13.8 Å². The Kier molecular flexibility index (Phi) is 5.04. The first-order valence-corrected chi connectivity index (χ1v) is 9.52. The van der Waals surface area contributed by atoms with E-state index in [9.17, 15) is 4.79 Å². The number of nitrogens with zero attached hydrogens (tertiary/aromatic N) is 2. The molecule has 5 nitrogen and oxygen atoms in total. The van der Waals surface area contributed by atoms with E-state index in [1.807, 2.05) is 78.2 Å². The Hall–Kier alpha value is -3.60. The highest BCUT2D eigenvalue weighted by Crippen LogP contribution is 2.26. The summed E-state index contributed by atoms with van der Waals surface area (Å²) in [5.41, 5.74) is 5.86. The minimum Gasteiger partial charge on any atom is -0.497 e. The lowest BCUT2D eigenvalue weighted by atomic mass is 10.1. The van der Waals surface area contributed by atoms with Crippen LogP contribution in [0.2, 0.25) is 0 Å². The molecule has 0 unspecified atom stereocenters. The van der Waals surface area contributed by atoms with Gasteiger partial charge in [-0.15, -0.1) is 0 Å². The molecule has 0 fully saturated rings. The Morgan fingerprint density at radius 2 is 1.76 bits per heavy atom. The summed E-state index contributed by atoms with van der Waals surface area (Å²) in [7, 11) is 1.64. The Bertz CT molecular complexity index is 1180. The van der Waals surface area contributed by atoms with Crippen LogP contribution in [0.15, 0.2) is 66.7 Å². The molecule has 0 aliphatic carbocycles. The van der Waals surface area contributed by atoms with Gasteiger partial charge in [0.05, 0.1) is 18.1 Å². The molecule has 1 heterocycles. The van der Waals surface area contributed by atoms with E-state index in [1.165, 1.54) is 5.56 Å². The second-order valence-electron chi connectivity index (χ2n) is 7.09. The Morgan fingerprint density at radius 1 is 1.00 bits per heavy atom. The molecule has 3 aromatic carbocycles. The number of hydrogen-bond acceptors (Lipinski definition) is 3. The van der Waals surface area contributed by atoms with E-state index in [0.29, 0.717) is 0 Å². The second-order valence-corrected chi connectivity index (χ2v) is 7.09. The van der Waals surface area contributed by atoms with E-state index in [-0.39, 0.29) is 12.5 Å². The highest BCUT2D eigenvalue weighted by molar-refractivity contribution is 5.92. The summed E-state index contributed by atoms with van der Waals surface area (Å²) in [6.07, 6.45) is 0. The number of nitrogens with one attached hydrogen (secondary N) is 1. The molecule has 29 heavy (non-hydrogen) atoms. The number of para-hydroxylation sites is 2. The third-order valence-electron chi connectivity index (χ3n) is 5.10. The van der Waals surface area contributed by atoms with E-state index in [4.69, 9.17) is 9.72 Å². The highest BCUT2D eigenvalue weighted by Gasteiger charge is 2.15. The van der Waals surface area contributed by atoms with E-state index >= 15 is 0 Å². The molecule has 4 aromatic rings. The molecule has 0 spiro atoms. The number of ether oxygens (including phenoxy) is 1. The number of rotatable bonds is 5. The van der Waals surface area contributed by atoms with Gasteiger partial charge in [0.25, 0.3) is 0 Å². The summed E-state index contributed by atoms with van der Waals surface area (Å²) < 4.78 is 7.20. The maximum absolute atomic E-state index is 12.8. The Balaban J connectivity index is 1.67. The summed E-state index contributed by atoms with van der Waals surface area (Å²) in [4.78, 5) is 17.6. The monoisotopic (exact) mass is 385 g/mol. The van der Waals surface area contributed by atoms with Gasteiger partial charge in [-0.05, 0) is 73.5 Å². The van der Waals surface area contributed by atoms with Gasteiger partial charge < -0.3 is 14.6 Å². The van der Waals surface area contributed by atoms with Crippen LogP contribution in [0.4, 0.5) is 5.69 Å². The number of carbonyl (C=O) groups is 1. The molecular formula is C24H23N3O2. The Labute approximate surface area is 170 Å². The number of anilines is 1. The molecule has 5 heteroatoms. The van der Waals surface area contributed by atoms with Crippen LogP contribution in [0.25, 0.3) is 22.4 Å². The van der Waals surface area contributed by atoms with E-state index < -0.39 is 0 Å². The zero-order valence-electron chi connectivity index (χ0n) is 16.8. The lowest BCUT2D eigenvalue weighted by molar-refractivity contribution is -0.116. The number of aromatic nitrogens is 2. The average Bonchev–Trinajstić information content (AvgIpc) is 3.09. The van der Waals surface area contributed by atoms with Gasteiger partial charge in [-0.2, -0.15) is 0 Å². The van der Waals surface area contributed by atoms with E-state index in [0.717, 1.165) is 39.4 Å². The van der Waals surface area contributed by atoms with Gasteiger partial charge in [-0.25, -0.2) is 4.98 Å². The number of aryl methyl sites for hydroxylation is 2. The van der Waals surface area contributed by atoms with Crippen molar-refractivity contribution in [2.24, 2.45) is 0 Å². The molecule has 0 aliphatic heterocycles. The third-order valence-corrected chi connectivity index (χ3v) is 5.10. The molecule has 1 N–H and O–H groups in total. The summed E-state index contributed by atoms with van der Waals surface area (Å²) >= 11 is 0. The van der Waals surface area contributed by atoms with Crippen molar-refractivity contribution in [3.63, 3.8) is 0 Å².